The number of anilines is 4. The Labute approximate surface area is 177 Å². The molecule has 1 unspecified atom stereocenters. The van der Waals surface area contributed by atoms with E-state index in [0.717, 1.165) is 25.1 Å². The molecule has 0 radical (unpaired) electrons. The molecule has 8 nitrogen and oxygen atoms in total. The van der Waals surface area contributed by atoms with E-state index >= 15 is 0 Å². The first-order valence-corrected chi connectivity index (χ1v) is 10.4. The van der Waals surface area contributed by atoms with Crippen LogP contribution in [0.3, 0.4) is 0 Å². The van der Waals surface area contributed by atoms with E-state index < -0.39 is 12.1 Å². The van der Waals surface area contributed by atoms with Crippen LogP contribution in [0.1, 0.15) is 25.7 Å². The molecule has 5 heterocycles. The molecule has 1 N–H and O–H groups in total. The molecule has 2 amide bonds. The van der Waals surface area contributed by atoms with Gasteiger partial charge in [0.25, 0.3) is 0 Å². The highest BCUT2D eigenvalue weighted by Crippen LogP contribution is 2.44. The number of alkyl halides is 3. The molecule has 0 aliphatic carbocycles. The van der Waals surface area contributed by atoms with Gasteiger partial charge < -0.3 is 9.80 Å². The van der Waals surface area contributed by atoms with Gasteiger partial charge in [0.2, 0.25) is 0 Å². The van der Waals surface area contributed by atoms with Crippen LogP contribution in [0.15, 0.2) is 30.7 Å². The molecule has 164 valence electrons. The first kappa shape index (κ1) is 19.8. The van der Waals surface area contributed by atoms with Crippen molar-refractivity contribution in [3.05, 3.63) is 30.7 Å². The molecule has 0 spiro atoms. The number of amides is 2. The number of halogens is 3. The molecule has 2 atom stereocenters. The molecule has 5 rings (SSSR count). The van der Waals surface area contributed by atoms with E-state index in [1.54, 1.807) is 21.9 Å². The van der Waals surface area contributed by atoms with Crippen LogP contribution in [0.2, 0.25) is 0 Å². The van der Waals surface area contributed by atoms with Crippen molar-refractivity contribution in [1.29, 1.82) is 0 Å². The molecule has 3 aliphatic rings. The summed E-state index contributed by atoms with van der Waals surface area (Å²) in [5.74, 6) is -0.0496. The number of carbonyl (C=O) groups is 1. The maximum absolute atomic E-state index is 13.3. The van der Waals surface area contributed by atoms with Crippen molar-refractivity contribution in [3.63, 3.8) is 0 Å². The summed E-state index contributed by atoms with van der Waals surface area (Å²) in [5, 5.41) is 2.77. The Hall–Kier alpha value is -3.11. The Morgan fingerprint density at radius 1 is 1.13 bits per heavy atom. The summed E-state index contributed by atoms with van der Waals surface area (Å²) >= 11 is 0. The molecule has 31 heavy (non-hydrogen) atoms. The third kappa shape index (κ3) is 3.61. The van der Waals surface area contributed by atoms with E-state index in [1.165, 1.54) is 12.5 Å². The van der Waals surface area contributed by atoms with Gasteiger partial charge in [-0.3, -0.25) is 10.2 Å². The maximum Gasteiger partial charge on any atom is 0.393 e. The zero-order valence-corrected chi connectivity index (χ0v) is 16.7. The van der Waals surface area contributed by atoms with Crippen molar-refractivity contribution in [2.45, 2.75) is 38.0 Å². The summed E-state index contributed by atoms with van der Waals surface area (Å²) < 4.78 is 39.8. The molecule has 0 bridgehead atoms. The van der Waals surface area contributed by atoms with Gasteiger partial charge in [0, 0.05) is 25.8 Å². The molecule has 11 heteroatoms. The van der Waals surface area contributed by atoms with Gasteiger partial charge in [0.05, 0.1) is 11.6 Å². The highest BCUT2D eigenvalue weighted by Gasteiger charge is 2.45. The number of urea groups is 1. The lowest BCUT2D eigenvalue weighted by Crippen LogP contribution is -2.45. The summed E-state index contributed by atoms with van der Waals surface area (Å²) in [6.07, 6.45) is 0.825. The number of nitrogens with one attached hydrogen (secondary N) is 1. The smallest absolute Gasteiger partial charge is 0.356 e. The van der Waals surface area contributed by atoms with Crippen molar-refractivity contribution in [2.75, 3.05) is 39.7 Å². The summed E-state index contributed by atoms with van der Waals surface area (Å²) in [4.78, 5) is 31.1. The lowest BCUT2D eigenvalue weighted by Gasteiger charge is -2.34. The summed E-state index contributed by atoms with van der Waals surface area (Å²) in [6, 6.07) is 4.85. The number of carbonyl (C=O) groups excluding carboxylic acids is 1. The second kappa shape index (κ2) is 7.54. The number of rotatable bonds is 2. The lowest BCUT2D eigenvalue weighted by molar-refractivity contribution is -0.176. The van der Waals surface area contributed by atoms with Gasteiger partial charge in [-0.25, -0.2) is 19.7 Å². The third-order valence-electron chi connectivity index (χ3n) is 6.14. The van der Waals surface area contributed by atoms with Gasteiger partial charge in [-0.05, 0) is 43.9 Å². The molecular weight excluding hydrogens is 411 g/mol. The van der Waals surface area contributed by atoms with E-state index in [-0.39, 0.29) is 25.2 Å². The monoisotopic (exact) mass is 433 g/mol. The van der Waals surface area contributed by atoms with Crippen LogP contribution in [0.5, 0.6) is 0 Å². The van der Waals surface area contributed by atoms with Crippen LogP contribution in [0, 0.1) is 5.92 Å². The van der Waals surface area contributed by atoms with E-state index in [1.807, 2.05) is 6.07 Å². The van der Waals surface area contributed by atoms with Crippen LogP contribution < -0.4 is 20.0 Å². The molecule has 2 aromatic rings. The predicted molar refractivity (Wildman–Crippen MR) is 109 cm³/mol. The molecule has 2 fully saturated rings. The topological polar surface area (TPSA) is 77.5 Å². The van der Waals surface area contributed by atoms with Gasteiger partial charge >= 0.3 is 12.2 Å². The zero-order valence-electron chi connectivity index (χ0n) is 16.7. The Morgan fingerprint density at radius 3 is 2.74 bits per heavy atom. The average molecular weight is 433 g/mol. The van der Waals surface area contributed by atoms with Crippen molar-refractivity contribution in [2.24, 2.45) is 5.92 Å². The fraction of sp³-hybridized carbons (Fsp3) is 0.500. The second-order valence-corrected chi connectivity index (χ2v) is 8.05. The number of hydrogen-bond acceptors (Lipinski definition) is 6. The van der Waals surface area contributed by atoms with Crippen molar-refractivity contribution in [1.82, 2.24) is 15.0 Å². The Bertz CT molecular complexity index is 971. The fourth-order valence-electron chi connectivity index (χ4n) is 4.67. The molecule has 0 saturated carbocycles. The molecular formula is C20H22F3N7O. The van der Waals surface area contributed by atoms with E-state index in [0.29, 0.717) is 30.4 Å². The van der Waals surface area contributed by atoms with Crippen LogP contribution in [-0.2, 0) is 0 Å². The number of hydrogen-bond donors (Lipinski definition) is 1. The SMILES string of the molecule is O=C(Nc1ccncn1)N1c2nc(N3CCCC(C(F)(F)F)C3)ccc2N2CCC[C@H]21. The van der Waals surface area contributed by atoms with E-state index in [2.05, 4.69) is 25.2 Å². The number of pyridine rings is 1. The second-order valence-electron chi connectivity index (χ2n) is 8.05. The minimum Gasteiger partial charge on any atom is -0.356 e. The Morgan fingerprint density at radius 2 is 1.97 bits per heavy atom. The normalized spacial score (nSPS) is 23.0. The van der Waals surface area contributed by atoms with Crippen LogP contribution in [-0.4, -0.2) is 53.0 Å². The zero-order chi connectivity index (χ0) is 21.6. The molecule has 2 aromatic heterocycles. The minimum absolute atomic E-state index is 0.116. The van der Waals surface area contributed by atoms with Gasteiger partial charge in [-0.2, -0.15) is 13.2 Å². The average Bonchev–Trinajstić information content (AvgIpc) is 3.34. The van der Waals surface area contributed by atoms with Gasteiger partial charge in [-0.1, -0.05) is 0 Å². The van der Waals surface area contributed by atoms with Crippen molar-refractivity contribution in [3.8, 4) is 0 Å². The molecule has 3 aliphatic heterocycles. The predicted octanol–water partition coefficient (Wildman–Crippen LogP) is 3.63. The lowest BCUT2D eigenvalue weighted by atomic mass is 9.97. The van der Waals surface area contributed by atoms with Crippen molar-refractivity contribution >= 4 is 29.2 Å². The Kier molecular flexibility index (Phi) is 4.82. The van der Waals surface area contributed by atoms with E-state index in [9.17, 15) is 18.0 Å². The first-order valence-electron chi connectivity index (χ1n) is 10.4. The van der Waals surface area contributed by atoms with Gasteiger partial charge in [-0.15, -0.1) is 0 Å². The van der Waals surface area contributed by atoms with Crippen molar-refractivity contribution < 1.29 is 18.0 Å². The van der Waals surface area contributed by atoms with E-state index in [4.69, 9.17) is 0 Å². The number of piperidine rings is 1. The third-order valence-corrected chi connectivity index (χ3v) is 6.14. The fourth-order valence-corrected chi connectivity index (χ4v) is 4.67. The highest BCUT2D eigenvalue weighted by atomic mass is 19.4. The van der Waals surface area contributed by atoms with Crippen LogP contribution in [0.4, 0.5) is 41.1 Å². The number of fused-ring (bicyclic) bond motifs is 3. The maximum atomic E-state index is 13.3. The Balaban J connectivity index is 1.44. The first-order chi connectivity index (χ1) is 14.9. The highest BCUT2D eigenvalue weighted by molar-refractivity contribution is 6.05. The quantitative estimate of drug-likeness (QED) is 0.780. The molecule has 2 saturated heterocycles. The largest absolute Gasteiger partial charge is 0.393 e. The van der Waals surface area contributed by atoms with Crippen LogP contribution in [0.25, 0.3) is 0 Å². The summed E-state index contributed by atoms with van der Waals surface area (Å²) in [6.45, 7) is 1.20. The summed E-state index contributed by atoms with van der Waals surface area (Å²) in [7, 11) is 0. The molecule has 0 aromatic carbocycles. The van der Waals surface area contributed by atoms with Gasteiger partial charge in [0.15, 0.2) is 5.82 Å². The van der Waals surface area contributed by atoms with Crippen LogP contribution >= 0.6 is 0 Å². The number of aromatic nitrogens is 3. The standard InChI is InChI=1S/C20H22F3N7O/c21-20(22,23)13-3-1-9-28(11-13)16-6-5-14-18(27-16)30(17-4-2-10-29(14)17)19(31)26-15-7-8-24-12-25-15/h5-8,12-13,17H,1-4,9-11H2,(H,24,25,26,31)/t13?,17-/m1/s1. The summed E-state index contributed by atoms with van der Waals surface area (Å²) in [5.41, 5.74) is 0.827. The minimum atomic E-state index is -4.22. The number of nitrogens with zero attached hydrogens (tertiary/aromatic N) is 6. The van der Waals surface area contributed by atoms with Gasteiger partial charge in [0.1, 0.15) is 24.1 Å².